The number of ether oxygens (including phenoxy) is 2. The van der Waals surface area contributed by atoms with Crippen molar-refractivity contribution in [3.05, 3.63) is 11.5 Å². The second kappa shape index (κ2) is 6.72. The third-order valence-electron chi connectivity index (χ3n) is 2.74. The maximum Gasteiger partial charge on any atom is 0.377 e. The minimum Gasteiger partial charge on any atom is -0.505 e. The van der Waals surface area contributed by atoms with E-state index in [2.05, 4.69) is 9.47 Å². The molecule has 1 aliphatic heterocycles. The van der Waals surface area contributed by atoms with Gasteiger partial charge in [0.1, 0.15) is 18.8 Å². The van der Waals surface area contributed by atoms with Gasteiger partial charge in [-0.05, 0) is 6.92 Å². The number of cyclic esters (lactones) is 1. The van der Waals surface area contributed by atoms with Gasteiger partial charge in [0, 0.05) is 0 Å². The molecular weight excluding hydrogens is 292 g/mol. The highest BCUT2D eigenvalue weighted by Crippen LogP contribution is 2.21. The fourth-order valence-corrected chi connectivity index (χ4v) is 1.47. The molecule has 0 bridgehead atoms. The molecule has 0 saturated carbocycles. The van der Waals surface area contributed by atoms with Crippen LogP contribution in [-0.2, 0) is 19.1 Å². The highest BCUT2D eigenvalue weighted by molar-refractivity contribution is 5.89. The third-order valence-corrected chi connectivity index (χ3v) is 2.74. The molecule has 0 saturated heterocycles. The van der Waals surface area contributed by atoms with Gasteiger partial charge < -0.3 is 40.1 Å². The van der Waals surface area contributed by atoms with Gasteiger partial charge in [0.15, 0.2) is 18.0 Å². The van der Waals surface area contributed by atoms with Crippen molar-refractivity contribution >= 4 is 11.9 Å². The van der Waals surface area contributed by atoms with Gasteiger partial charge in [-0.15, -0.1) is 0 Å². The number of esters is 2. The molecule has 21 heavy (non-hydrogen) atoms. The molecule has 0 spiro atoms. The average molecular weight is 308 g/mol. The molecule has 0 amide bonds. The summed E-state index contributed by atoms with van der Waals surface area (Å²) in [5, 5.41) is 55.4. The molecule has 6 N–H and O–H groups in total. The van der Waals surface area contributed by atoms with Crippen molar-refractivity contribution in [3.63, 3.8) is 0 Å². The van der Waals surface area contributed by atoms with Crippen LogP contribution in [-0.4, -0.2) is 79.7 Å². The monoisotopic (exact) mass is 308 g/mol. The van der Waals surface area contributed by atoms with E-state index >= 15 is 0 Å². The van der Waals surface area contributed by atoms with Crippen molar-refractivity contribution in [2.24, 2.45) is 0 Å². The molecular formula is C11H16O10. The zero-order chi connectivity index (χ0) is 16.3. The predicted molar refractivity (Wildman–Crippen MR) is 62.8 cm³/mol. The lowest BCUT2D eigenvalue weighted by Crippen LogP contribution is -2.43. The van der Waals surface area contributed by atoms with Crippen LogP contribution in [0.2, 0.25) is 0 Å². The molecule has 120 valence electrons. The van der Waals surface area contributed by atoms with Crippen LogP contribution in [0.3, 0.4) is 0 Å². The number of carbonyl (C=O) groups is 2. The van der Waals surface area contributed by atoms with Crippen molar-refractivity contribution in [2.75, 3.05) is 6.61 Å². The third kappa shape index (κ3) is 3.82. The summed E-state index contributed by atoms with van der Waals surface area (Å²) >= 11 is 0. The Morgan fingerprint density at radius 1 is 1.29 bits per heavy atom. The zero-order valence-electron chi connectivity index (χ0n) is 10.9. The van der Waals surface area contributed by atoms with Crippen LogP contribution in [0.5, 0.6) is 0 Å². The number of aliphatic hydroxyl groups is 6. The first-order valence-electron chi connectivity index (χ1n) is 5.88. The number of carbonyl (C=O) groups excluding carboxylic acids is 2. The number of rotatable bonds is 6. The number of hydrogen-bond acceptors (Lipinski definition) is 10. The van der Waals surface area contributed by atoms with E-state index in [9.17, 15) is 30.0 Å². The van der Waals surface area contributed by atoms with E-state index in [0.29, 0.717) is 0 Å². The second-order valence-electron chi connectivity index (χ2n) is 4.43. The van der Waals surface area contributed by atoms with Crippen LogP contribution >= 0.6 is 0 Å². The van der Waals surface area contributed by atoms with Crippen molar-refractivity contribution < 1.29 is 49.7 Å². The molecule has 0 aromatic heterocycles. The maximum absolute atomic E-state index is 11.3. The second-order valence-corrected chi connectivity index (χ2v) is 4.43. The van der Waals surface area contributed by atoms with Crippen LogP contribution in [0.1, 0.15) is 6.92 Å². The van der Waals surface area contributed by atoms with Crippen LogP contribution in [0.25, 0.3) is 0 Å². The molecule has 1 aliphatic rings. The first-order valence-corrected chi connectivity index (χ1v) is 5.88. The maximum atomic E-state index is 11.3. The summed E-state index contributed by atoms with van der Waals surface area (Å²) in [7, 11) is 0. The SMILES string of the molecule is CC(O)C(O)C(O)C(=O)OCC(O)C1OC(=O)C(O)=C1O. The summed E-state index contributed by atoms with van der Waals surface area (Å²) < 4.78 is 8.87. The highest BCUT2D eigenvalue weighted by atomic mass is 16.6. The van der Waals surface area contributed by atoms with E-state index in [1.165, 1.54) is 0 Å². The van der Waals surface area contributed by atoms with Gasteiger partial charge in [0.25, 0.3) is 0 Å². The van der Waals surface area contributed by atoms with Crippen molar-refractivity contribution in [1.29, 1.82) is 0 Å². The van der Waals surface area contributed by atoms with Gasteiger partial charge in [-0.2, -0.15) is 0 Å². The summed E-state index contributed by atoms with van der Waals surface area (Å²) in [6.45, 7) is 0.345. The Kier molecular flexibility index (Phi) is 5.49. The van der Waals surface area contributed by atoms with Gasteiger partial charge in [-0.1, -0.05) is 0 Å². The van der Waals surface area contributed by atoms with Gasteiger partial charge in [0.2, 0.25) is 5.76 Å². The Labute approximate surface area is 118 Å². The van der Waals surface area contributed by atoms with E-state index < -0.39 is 60.6 Å². The molecule has 1 rings (SSSR count). The van der Waals surface area contributed by atoms with Crippen LogP contribution in [0.15, 0.2) is 11.5 Å². The van der Waals surface area contributed by atoms with Crippen molar-refractivity contribution in [3.8, 4) is 0 Å². The first-order chi connectivity index (χ1) is 9.66. The molecule has 0 aromatic carbocycles. The lowest BCUT2D eigenvalue weighted by atomic mass is 10.1. The molecule has 5 unspecified atom stereocenters. The van der Waals surface area contributed by atoms with E-state index in [1.54, 1.807) is 0 Å². The molecule has 5 atom stereocenters. The zero-order valence-corrected chi connectivity index (χ0v) is 10.9. The summed E-state index contributed by atoms with van der Waals surface area (Å²) in [5.74, 6) is -4.55. The molecule has 0 radical (unpaired) electrons. The van der Waals surface area contributed by atoms with Crippen LogP contribution in [0.4, 0.5) is 0 Å². The normalized spacial score (nSPS) is 24.2. The van der Waals surface area contributed by atoms with E-state index in [1.807, 2.05) is 0 Å². The average Bonchev–Trinajstić information content (AvgIpc) is 2.70. The predicted octanol–water partition coefficient (Wildman–Crippen LogP) is -2.75. The summed E-state index contributed by atoms with van der Waals surface area (Å²) in [6, 6.07) is 0. The number of hydrogen-bond donors (Lipinski definition) is 6. The summed E-state index contributed by atoms with van der Waals surface area (Å²) in [5.41, 5.74) is 0. The van der Waals surface area contributed by atoms with Crippen LogP contribution in [0, 0.1) is 0 Å². The first kappa shape index (κ1) is 17.2. The van der Waals surface area contributed by atoms with Crippen molar-refractivity contribution in [2.45, 2.75) is 37.4 Å². The summed E-state index contributed by atoms with van der Waals surface area (Å²) in [6.07, 6.45) is -8.52. The molecule has 10 nitrogen and oxygen atoms in total. The molecule has 0 aliphatic carbocycles. The molecule has 10 heteroatoms. The number of aliphatic hydroxyl groups excluding tert-OH is 6. The Bertz CT molecular complexity index is 442. The molecule has 0 fully saturated rings. The largest absolute Gasteiger partial charge is 0.505 e. The van der Waals surface area contributed by atoms with E-state index in [-0.39, 0.29) is 0 Å². The Morgan fingerprint density at radius 2 is 1.86 bits per heavy atom. The molecule has 1 heterocycles. The fourth-order valence-electron chi connectivity index (χ4n) is 1.47. The lowest BCUT2D eigenvalue weighted by molar-refractivity contribution is -0.170. The van der Waals surface area contributed by atoms with Gasteiger partial charge in [-0.25, -0.2) is 9.59 Å². The quantitative estimate of drug-likeness (QED) is 0.282. The van der Waals surface area contributed by atoms with E-state index in [4.69, 9.17) is 10.2 Å². The highest BCUT2D eigenvalue weighted by Gasteiger charge is 2.40. The Balaban J connectivity index is 2.52. The fraction of sp³-hybridized carbons (Fsp3) is 0.636. The van der Waals surface area contributed by atoms with E-state index in [0.717, 1.165) is 6.92 Å². The Hall–Kier alpha value is -1.88. The topological polar surface area (TPSA) is 174 Å². The van der Waals surface area contributed by atoms with Gasteiger partial charge in [-0.3, -0.25) is 0 Å². The summed E-state index contributed by atoms with van der Waals surface area (Å²) in [4.78, 5) is 22.2. The van der Waals surface area contributed by atoms with Gasteiger partial charge in [0.05, 0.1) is 6.10 Å². The minimum atomic E-state index is -2.04. The van der Waals surface area contributed by atoms with Crippen molar-refractivity contribution in [1.82, 2.24) is 0 Å². The van der Waals surface area contributed by atoms with Crippen LogP contribution < -0.4 is 0 Å². The minimum absolute atomic E-state index is 0.794. The lowest BCUT2D eigenvalue weighted by Gasteiger charge is -2.21. The Morgan fingerprint density at radius 3 is 2.29 bits per heavy atom. The smallest absolute Gasteiger partial charge is 0.377 e. The standard InChI is InChI=1S/C11H16O10/c1-3(12)5(14)7(16)10(18)20-2-4(13)9-6(15)8(17)11(19)21-9/h3-5,7,9,12-17H,2H2,1H3. The molecule has 0 aromatic rings. The van der Waals surface area contributed by atoms with Gasteiger partial charge >= 0.3 is 11.9 Å².